The lowest BCUT2D eigenvalue weighted by Crippen LogP contribution is -2.32. The Hall–Kier alpha value is -0.990. The van der Waals surface area contributed by atoms with Crippen LogP contribution in [-0.4, -0.2) is 16.3 Å². The summed E-state index contributed by atoms with van der Waals surface area (Å²) in [5, 5.41) is 2.06. The number of benzene rings is 1. The maximum Gasteiger partial charge on any atom is 0.0762 e. The molecule has 2 aliphatic rings. The van der Waals surface area contributed by atoms with Crippen LogP contribution in [0.25, 0.3) is 10.9 Å². The normalized spacial score (nSPS) is 24.9. The van der Waals surface area contributed by atoms with Crippen LogP contribution in [-0.2, 0) is 11.3 Å². The van der Waals surface area contributed by atoms with Crippen molar-refractivity contribution < 1.29 is 4.74 Å². The number of nitrogens with zero attached hydrogens (tertiary/aromatic N) is 1. The van der Waals surface area contributed by atoms with Crippen molar-refractivity contribution in [3.8, 4) is 0 Å². The lowest BCUT2D eigenvalue weighted by atomic mass is 9.83. The first-order valence-corrected chi connectivity index (χ1v) is 8.54. The SMILES string of the molecule is Clc1ccc2ccn(CC3CCC4(CCCCC4)O3)c2c1. The van der Waals surface area contributed by atoms with E-state index in [0.717, 1.165) is 11.6 Å². The van der Waals surface area contributed by atoms with E-state index in [1.165, 1.54) is 55.8 Å². The van der Waals surface area contributed by atoms with Gasteiger partial charge in [0.05, 0.1) is 11.7 Å². The topological polar surface area (TPSA) is 14.2 Å². The van der Waals surface area contributed by atoms with Gasteiger partial charge in [0.25, 0.3) is 0 Å². The molecule has 1 saturated carbocycles. The zero-order valence-electron chi connectivity index (χ0n) is 12.4. The second kappa shape index (κ2) is 5.33. The van der Waals surface area contributed by atoms with Crippen molar-refractivity contribution in [2.75, 3.05) is 0 Å². The summed E-state index contributed by atoms with van der Waals surface area (Å²) in [5.41, 5.74) is 1.43. The van der Waals surface area contributed by atoms with Gasteiger partial charge in [0.1, 0.15) is 0 Å². The molecule has 2 aromatic rings. The van der Waals surface area contributed by atoms with Crippen LogP contribution >= 0.6 is 11.6 Å². The molecule has 3 heteroatoms. The standard InChI is InChI=1S/C18H22ClNO/c19-15-5-4-14-7-11-20(17(14)12-15)13-16-6-10-18(21-16)8-2-1-3-9-18/h4-5,7,11-12,16H,1-3,6,8-10,13H2. The number of halogens is 1. The Kier molecular flexibility index (Phi) is 3.47. The molecule has 1 aromatic carbocycles. The van der Waals surface area contributed by atoms with Gasteiger partial charge in [0.2, 0.25) is 0 Å². The Morgan fingerprint density at radius 2 is 2.00 bits per heavy atom. The highest BCUT2D eigenvalue weighted by Crippen LogP contribution is 2.42. The van der Waals surface area contributed by atoms with Crippen LogP contribution < -0.4 is 0 Å². The van der Waals surface area contributed by atoms with E-state index in [-0.39, 0.29) is 5.60 Å². The molecule has 1 unspecified atom stereocenters. The Labute approximate surface area is 131 Å². The Morgan fingerprint density at radius 3 is 2.86 bits per heavy atom. The molecule has 1 aromatic heterocycles. The molecule has 2 nitrogen and oxygen atoms in total. The molecule has 1 saturated heterocycles. The van der Waals surface area contributed by atoms with E-state index in [1.54, 1.807) is 0 Å². The fourth-order valence-corrected chi connectivity index (χ4v) is 4.29. The van der Waals surface area contributed by atoms with Crippen molar-refractivity contribution in [2.24, 2.45) is 0 Å². The molecule has 1 spiro atoms. The molecule has 2 fully saturated rings. The van der Waals surface area contributed by atoms with Crippen molar-refractivity contribution in [2.45, 2.75) is 63.2 Å². The van der Waals surface area contributed by atoms with Crippen LogP contribution in [0.4, 0.5) is 0 Å². The Bertz CT molecular complexity index is 642. The number of rotatable bonds is 2. The van der Waals surface area contributed by atoms with E-state index >= 15 is 0 Å². The number of fused-ring (bicyclic) bond motifs is 1. The first-order valence-electron chi connectivity index (χ1n) is 8.16. The van der Waals surface area contributed by atoms with E-state index in [0.29, 0.717) is 6.10 Å². The van der Waals surface area contributed by atoms with Crippen molar-refractivity contribution in [1.29, 1.82) is 0 Å². The summed E-state index contributed by atoms with van der Waals surface area (Å²) in [4.78, 5) is 0. The quantitative estimate of drug-likeness (QED) is 0.746. The van der Waals surface area contributed by atoms with Crippen molar-refractivity contribution >= 4 is 22.5 Å². The zero-order valence-corrected chi connectivity index (χ0v) is 13.1. The maximum absolute atomic E-state index is 6.49. The smallest absolute Gasteiger partial charge is 0.0762 e. The minimum Gasteiger partial charge on any atom is -0.370 e. The molecule has 21 heavy (non-hydrogen) atoms. The van der Waals surface area contributed by atoms with Gasteiger partial charge in [-0.25, -0.2) is 0 Å². The van der Waals surface area contributed by atoms with E-state index in [1.807, 2.05) is 6.07 Å². The van der Waals surface area contributed by atoms with Crippen LogP contribution in [0.2, 0.25) is 5.02 Å². The van der Waals surface area contributed by atoms with Crippen LogP contribution in [0, 0.1) is 0 Å². The molecule has 112 valence electrons. The van der Waals surface area contributed by atoms with Crippen LogP contribution in [0.1, 0.15) is 44.9 Å². The largest absolute Gasteiger partial charge is 0.370 e. The van der Waals surface area contributed by atoms with Crippen LogP contribution in [0.3, 0.4) is 0 Å². The lowest BCUT2D eigenvalue weighted by Gasteiger charge is -2.33. The average Bonchev–Trinajstić information content (AvgIpc) is 3.06. The third kappa shape index (κ3) is 2.60. The highest BCUT2D eigenvalue weighted by molar-refractivity contribution is 6.31. The van der Waals surface area contributed by atoms with Gasteiger partial charge in [0.15, 0.2) is 0 Å². The molecule has 1 atom stereocenters. The Morgan fingerprint density at radius 1 is 1.14 bits per heavy atom. The summed E-state index contributed by atoms with van der Waals surface area (Å²) in [6.45, 7) is 0.950. The molecule has 1 aliphatic carbocycles. The number of hydrogen-bond donors (Lipinski definition) is 0. The summed E-state index contributed by atoms with van der Waals surface area (Å²) in [6, 6.07) is 8.27. The fraction of sp³-hybridized carbons (Fsp3) is 0.556. The molecule has 0 N–H and O–H groups in total. The van der Waals surface area contributed by atoms with Gasteiger partial charge in [-0.15, -0.1) is 0 Å². The summed E-state index contributed by atoms with van der Waals surface area (Å²) >= 11 is 6.14. The average molecular weight is 304 g/mol. The van der Waals surface area contributed by atoms with Gasteiger partial charge < -0.3 is 9.30 Å². The molecular weight excluding hydrogens is 282 g/mol. The van der Waals surface area contributed by atoms with Gasteiger partial charge in [-0.2, -0.15) is 0 Å². The van der Waals surface area contributed by atoms with Gasteiger partial charge in [-0.3, -0.25) is 0 Å². The van der Waals surface area contributed by atoms with Crippen molar-refractivity contribution in [3.63, 3.8) is 0 Å². The van der Waals surface area contributed by atoms with Gasteiger partial charge >= 0.3 is 0 Å². The second-order valence-corrected chi connectivity index (χ2v) is 7.13. The molecule has 2 heterocycles. The minimum absolute atomic E-state index is 0.212. The van der Waals surface area contributed by atoms with Crippen LogP contribution in [0.5, 0.6) is 0 Å². The molecule has 0 bridgehead atoms. The molecule has 4 rings (SSSR count). The van der Waals surface area contributed by atoms with Crippen LogP contribution in [0.15, 0.2) is 30.5 Å². The monoisotopic (exact) mass is 303 g/mol. The van der Waals surface area contributed by atoms with E-state index in [9.17, 15) is 0 Å². The number of ether oxygens (including phenoxy) is 1. The highest BCUT2D eigenvalue weighted by Gasteiger charge is 2.40. The maximum atomic E-state index is 6.49. The minimum atomic E-state index is 0.212. The fourth-order valence-electron chi connectivity index (χ4n) is 4.12. The summed E-state index contributed by atoms with van der Waals surface area (Å²) < 4.78 is 8.79. The third-order valence-electron chi connectivity index (χ3n) is 5.24. The molecular formula is C18H22ClNO. The highest BCUT2D eigenvalue weighted by atomic mass is 35.5. The molecule has 0 radical (unpaired) electrons. The number of hydrogen-bond acceptors (Lipinski definition) is 1. The predicted molar refractivity (Wildman–Crippen MR) is 86.9 cm³/mol. The zero-order chi connectivity index (χ0) is 14.3. The first-order chi connectivity index (χ1) is 10.2. The third-order valence-corrected chi connectivity index (χ3v) is 5.47. The van der Waals surface area contributed by atoms with Gasteiger partial charge in [-0.1, -0.05) is 36.9 Å². The van der Waals surface area contributed by atoms with Gasteiger partial charge in [0, 0.05) is 23.3 Å². The molecule has 1 aliphatic heterocycles. The number of aromatic nitrogens is 1. The summed E-state index contributed by atoms with van der Waals surface area (Å²) in [7, 11) is 0. The Balaban J connectivity index is 1.52. The van der Waals surface area contributed by atoms with E-state index < -0.39 is 0 Å². The van der Waals surface area contributed by atoms with E-state index in [4.69, 9.17) is 16.3 Å². The summed E-state index contributed by atoms with van der Waals surface area (Å²) in [6.07, 6.45) is 11.6. The van der Waals surface area contributed by atoms with E-state index in [2.05, 4.69) is 29.0 Å². The predicted octanol–water partition coefficient (Wildman–Crippen LogP) is 5.18. The first kappa shape index (κ1) is 13.7. The summed E-state index contributed by atoms with van der Waals surface area (Å²) in [5.74, 6) is 0. The second-order valence-electron chi connectivity index (χ2n) is 6.69. The van der Waals surface area contributed by atoms with Crippen molar-refractivity contribution in [3.05, 3.63) is 35.5 Å². The van der Waals surface area contributed by atoms with Crippen molar-refractivity contribution in [1.82, 2.24) is 4.57 Å². The van der Waals surface area contributed by atoms with Gasteiger partial charge in [-0.05, 0) is 49.3 Å². The molecule has 0 amide bonds. The lowest BCUT2D eigenvalue weighted by molar-refractivity contribution is -0.0676.